The number of anilines is 2. The molecule has 0 heterocycles. The van der Waals surface area contributed by atoms with Crippen molar-refractivity contribution < 1.29 is 5.11 Å². The van der Waals surface area contributed by atoms with Crippen molar-refractivity contribution in [3.05, 3.63) is 124 Å². The summed E-state index contributed by atoms with van der Waals surface area (Å²) in [6.45, 7) is 0. The Morgan fingerprint density at radius 1 is 0.853 bits per heavy atom. The molecule has 0 aliphatic rings. The fraction of sp³-hybridized carbons (Fsp3) is 0.0741. The Balaban J connectivity index is 1.67. The number of aromatic hydroxyl groups is 1. The number of phenolic OH excluding ortho intramolecular Hbond substituents is 1. The molecular weight excluding hydrogens is 512 g/mol. The van der Waals surface area contributed by atoms with Crippen LogP contribution in [0.4, 0.5) is 11.4 Å². The summed E-state index contributed by atoms with van der Waals surface area (Å²) in [7, 11) is 0. The summed E-state index contributed by atoms with van der Waals surface area (Å²) < 4.78 is 0.853. The number of nitrogens with one attached hydrogen (secondary N) is 3. The number of hydrazone groups is 1. The van der Waals surface area contributed by atoms with Crippen molar-refractivity contribution in [2.45, 2.75) is 12.5 Å². The summed E-state index contributed by atoms with van der Waals surface area (Å²) >= 11 is 9.65. The zero-order valence-corrected chi connectivity index (χ0v) is 20.6. The monoisotopic (exact) mass is 534 g/mol. The van der Waals surface area contributed by atoms with E-state index in [4.69, 9.17) is 16.7 Å². The zero-order valence-electron chi connectivity index (χ0n) is 18.2. The molecule has 0 aliphatic carbocycles. The van der Waals surface area contributed by atoms with Crippen molar-refractivity contribution in [2.24, 2.45) is 5.10 Å². The maximum absolute atomic E-state index is 10.6. The first-order valence-electron chi connectivity index (χ1n) is 10.8. The zero-order chi connectivity index (χ0) is 23.8. The van der Waals surface area contributed by atoms with E-state index >= 15 is 0 Å². The first-order chi connectivity index (χ1) is 16.6. The van der Waals surface area contributed by atoms with Gasteiger partial charge in [-0.1, -0.05) is 76.1 Å². The van der Waals surface area contributed by atoms with Crippen molar-refractivity contribution in [2.75, 3.05) is 10.9 Å². The second-order valence-electron chi connectivity index (χ2n) is 7.64. The average Bonchev–Trinajstić information content (AvgIpc) is 2.87. The highest BCUT2D eigenvalue weighted by Crippen LogP contribution is 2.28. The van der Waals surface area contributed by atoms with E-state index in [-0.39, 0.29) is 11.8 Å². The lowest BCUT2D eigenvalue weighted by atomic mass is 9.97. The third-order valence-corrected chi connectivity index (χ3v) is 5.94. The fourth-order valence-electron chi connectivity index (χ4n) is 3.43. The molecule has 7 heteroatoms. The Morgan fingerprint density at radius 3 is 2.18 bits per heavy atom. The lowest BCUT2D eigenvalue weighted by Gasteiger charge is -2.22. The summed E-state index contributed by atoms with van der Waals surface area (Å²) in [6, 6.07) is 32.4. The van der Waals surface area contributed by atoms with E-state index in [0.29, 0.717) is 22.7 Å². The fourth-order valence-corrected chi connectivity index (χ4v) is 3.92. The number of hydrazine groups is 1. The maximum atomic E-state index is 10.6. The van der Waals surface area contributed by atoms with Gasteiger partial charge in [-0.3, -0.25) is 5.43 Å². The van der Waals surface area contributed by atoms with Crippen LogP contribution in [0.15, 0.2) is 113 Å². The number of hydrogen-bond acceptors (Lipinski definition) is 5. The molecule has 0 aliphatic heterocycles. The van der Waals surface area contributed by atoms with Gasteiger partial charge in [0.05, 0.1) is 17.4 Å². The molecule has 4 rings (SSSR count). The number of hydrogen-bond donors (Lipinski definition) is 4. The topological polar surface area (TPSA) is 68.7 Å². The Morgan fingerprint density at radius 2 is 1.50 bits per heavy atom. The van der Waals surface area contributed by atoms with Gasteiger partial charge in [0.1, 0.15) is 5.75 Å². The van der Waals surface area contributed by atoms with E-state index in [2.05, 4.69) is 32.2 Å². The molecule has 0 unspecified atom stereocenters. The molecule has 34 heavy (non-hydrogen) atoms. The van der Waals surface area contributed by atoms with Crippen LogP contribution < -0.4 is 16.3 Å². The highest BCUT2D eigenvalue weighted by Gasteiger charge is 2.19. The lowest BCUT2D eigenvalue weighted by Crippen LogP contribution is -2.29. The summed E-state index contributed by atoms with van der Waals surface area (Å²) in [6.07, 6.45) is 0.477. The molecule has 4 aromatic carbocycles. The van der Waals surface area contributed by atoms with Gasteiger partial charge in [-0.15, -0.1) is 0 Å². The molecule has 0 spiro atoms. The van der Waals surface area contributed by atoms with Crippen molar-refractivity contribution >= 4 is 44.6 Å². The van der Waals surface area contributed by atoms with E-state index in [1.807, 2.05) is 91.0 Å². The van der Waals surface area contributed by atoms with Gasteiger partial charge < -0.3 is 10.5 Å². The first kappa shape index (κ1) is 23.8. The minimum Gasteiger partial charge on any atom is -0.507 e. The Bertz CT molecular complexity index is 1230. The van der Waals surface area contributed by atoms with Gasteiger partial charge in [0.2, 0.25) is 0 Å². The Hall–Kier alpha value is -3.32. The second-order valence-corrected chi connectivity index (χ2v) is 8.99. The van der Waals surface area contributed by atoms with E-state index < -0.39 is 0 Å². The van der Waals surface area contributed by atoms with Crippen LogP contribution >= 0.6 is 27.5 Å². The molecule has 0 bridgehead atoms. The number of halogens is 2. The lowest BCUT2D eigenvalue weighted by molar-refractivity contribution is 0.473. The van der Waals surface area contributed by atoms with Crippen LogP contribution in [0, 0.1) is 0 Å². The predicted octanol–water partition coefficient (Wildman–Crippen LogP) is 7.37. The number of phenols is 1. The molecule has 0 amide bonds. The molecule has 1 atom stereocenters. The highest BCUT2D eigenvalue weighted by molar-refractivity contribution is 9.10. The minimum absolute atomic E-state index is 0.155. The van der Waals surface area contributed by atoms with Crippen LogP contribution in [0.25, 0.3) is 0 Å². The van der Waals surface area contributed by atoms with Crippen LogP contribution in [-0.2, 0) is 0 Å². The summed E-state index contributed by atoms with van der Waals surface area (Å²) in [4.78, 5) is 0. The number of nitrogens with zero attached hydrogens (tertiary/aromatic N) is 1. The van der Waals surface area contributed by atoms with Gasteiger partial charge in [-0.2, -0.15) is 5.10 Å². The number of rotatable bonds is 9. The van der Waals surface area contributed by atoms with E-state index in [9.17, 15) is 5.11 Å². The molecule has 0 saturated heterocycles. The largest absolute Gasteiger partial charge is 0.507 e. The van der Waals surface area contributed by atoms with Gasteiger partial charge in [0, 0.05) is 27.2 Å². The van der Waals surface area contributed by atoms with Crippen LogP contribution in [0.3, 0.4) is 0 Å². The van der Waals surface area contributed by atoms with E-state index in [1.54, 1.807) is 12.1 Å². The van der Waals surface area contributed by atoms with Gasteiger partial charge in [0.15, 0.2) is 0 Å². The quantitative estimate of drug-likeness (QED) is 0.133. The molecule has 4 aromatic rings. The van der Waals surface area contributed by atoms with Crippen molar-refractivity contribution in [3.63, 3.8) is 0 Å². The molecule has 0 aromatic heterocycles. The molecule has 0 fully saturated rings. The number of para-hydroxylation sites is 2. The minimum atomic E-state index is -0.174. The SMILES string of the molecule is Oc1ccc(Br)cc1C(C[C@@H](NNc1ccccc1)c1ccc(Cl)cc1)=NNc1ccccc1. The molecule has 5 nitrogen and oxygen atoms in total. The maximum Gasteiger partial charge on any atom is 0.124 e. The molecular formula is C27H24BrClN4O. The van der Waals surface area contributed by atoms with Crippen LogP contribution in [0.1, 0.15) is 23.6 Å². The molecule has 0 radical (unpaired) electrons. The smallest absolute Gasteiger partial charge is 0.124 e. The second kappa shape index (κ2) is 11.7. The third-order valence-electron chi connectivity index (χ3n) is 5.20. The molecule has 172 valence electrons. The van der Waals surface area contributed by atoms with Gasteiger partial charge >= 0.3 is 0 Å². The summed E-state index contributed by atoms with van der Waals surface area (Å²) in [5.74, 6) is 0.155. The summed E-state index contributed by atoms with van der Waals surface area (Å²) in [5.41, 5.74) is 14.0. The van der Waals surface area contributed by atoms with Crippen molar-refractivity contribution in [1.29, 1.82) is 0 Å². The van der Waals surface area contributed by atoms with Crippen molar-refractivity contribution in [3.8, 4) is 5.75 Å². The third kappa shape index (κ3) is 6.60. The molecule has 4 N–H and O–H groups in total. The normalized spacial score (nSPS) is 12.2. The van der Waals surface area contributed by atoms with E-state index in [1.165, 1.54) is 0 Å². The van der Waals surface area contributed by atoms with Crippen LogP contribution in [0.5, 0.6) is 5.75 Å². The summed E-state index contributed by atoms with van der Waals surface area (Å²) in [5, 5.41) is 16.0. The van der Waals surface area contributed by atoms with Crippen molar-refractivity contribution in [1.82, 2.24) is 5.43 Å². The predicted molar refractivity (Wildman–Crippen MR) is 144 cm³/mol. The van der Waals surface area contributed by atoms with Gasteiger partial charge in [-0.25, -0.2) is 5.43 Å². The Kier molecular flexibility index (Phi) is 8.20. The van der Waals surface area contributed by atoms with E-state index in [0.717, 1.165) is 21.4 Å². The van der Waals surface area contributed by atoms with Gasteiger partial charge in [-0.05, 0) is 60.2 Å². The molecule has 0 saturated carbocycles. The first-order valence-corrected chi connectivity index (χ1v) is 11.9. The highest BCUT2D eigenvalue weighted by atomic mass is 79.9. The number of benzene rings is 4. The average molecular weight is 536 g/mol. The Labute approximate surface area is 212 Å². The van der Waals surface area contributed by atoms with Crippen LogP contribution in [0.2, 0.25) is 5.02 Å². The van der Waals surface area contributed by atoms with Gasteiger partial charge in [0.25, 0.3) is 0 Å². The van der Waals surface area contributed by atoms with Crippen LogP contribution in [-0.4, -0.2) is 10.8 Å². The standard InChI is InChI=1S/C27H24BrClN4O/c28-20-13-16-27(34)24(17-20)26(33-31-23-9-5-2-6-10-23)18-25(19-11-14-21(29)15-12-19)32-30-22-7-3-1-4-8-22/h1-17,25,30-32,34H,18H2/t25-/m1/s1.